The molecule has 0 aromatic heterocycles. The minimum absolute atomic E-state index is 0.757. The Labute approximate surface area is 197 Å². The van der Waals surface area contributed by atoms with E-state index < -0.39 is 0 Å². The van der Waals surface area contributed by atoms with Gasteiger partial charge in [-0.15, -0.1) is 0 Å². The average molecular weight is 448 g/mol. The van der Waals surface area contributed by atoms with E-state index in [4.69, 9.17) is 13.9 Å². The highest BCUT2D eigenvalue weighted by atomic mass is 16.5. The molecular weight excluding hydrogens is 412 g/mol. The van der Waals surface area contributed by atoms with Crippen molar-refractivity contribution in [1.29, 1.82) is 0 Å². The molecule has 3 aliphatic heterocycles. The highest BCUT2D eigenvalue weighted by molar-refractivity contribution is 6.06. The van der Waals surface area contributed by atoms with Crippen molar-refractivity contribution in [1.82, 2.24) is 9.80 Å². The minimum Gasteiger partial charge on any atom is -0.494 e. The molecule has 0 radical (unpaired) electrons. The highest BCUT2D eigenvalue weighted by Crippen LogP contribution is 2.41. The van der Waals surface area contributed by atoms with Crippen LogP contribution in [0.25, 0.3) is 11.3 Å². The third-order valence-electron chi connectivity index (χ3n) is 7.09. The zero-order chi connectivity index (χ0) is 22.6. The van der Waals surface area contributed by atoms with Crippen LogP contribution >= 0.6 is 0 Å². The molecule has 1 fully saturated rings. The molecule has 0 N–H and O–H groups in total. The van der Waals surface area contributed by atoms with Gasteiger partial charge in [0, 0.05) is 37.0 Å². The van der Waals surface area contributed by atoms with Crippen molar-refractivity contribution in [3.63, 3.8) is 0 Å². The summed E-state index contributed by atoms with van der Waals surface area (Å²) < 4.78 is 17.2. The van der Waals surface area contributed by atoms with E-state index >= 15 is 0 Å². The predicted molar refractivity (Wildman–Crippen MR) is 133 cm³/mol. The van der Waals surface area contributed by atoms with E-state index in [1.165, 1.54) is 60.3 Å². The second-order valence-electron chi connectivity index (χ2n) is 9.16. The van der Waals surface area contributed by atoms with E-state index in [1.54, 1.807) is 14.2 Å². The van der Waals surface area contributed by atoms with Crippen LogP contribution in [-0.2, 0) is 9.16 Å². The smallest absolute Gasteiger partial charge is 0.384 e. The van der Waals surface area contributed by atoms with E-state index in [9.17, 15) is 0 Å². The van der Waals surface area contributed by atoms with Crippen LogP contribution in [0.1, 0.15) is 43.2 Å². The SMILES string of the molecule is COC1=CC(=C2CN3CCC=C3c3cc(OCCCN4CCCCC4)ccc32)C=CC1=[O+]C. The maximum atomic E-state index is 6.20. The maximum absolute atomic E-state index is 6.20. The highest BCUT2D eigenvalue weighted by Gasteiger charge is 2.30. The first-order chi connectivity index (χ1) is 16.3. The molecule has 5 heteroatoms. The van der Waals surface area contributed by atoms with Gasteiger partial charge < -0.3 is 19.3 Å². The Kier molecular flexibility index (Phi) is 6.68. The first-order valence-corrected chi connectivity index (χ1v) is 12.3. The molecule has 1 aromatic rings. The van der Waals surface area contributed by atoms with E-state index in [0.717, 1.165) is 56.4 Å². The topological polar surface area (TPSA) is 36.2 Å². The fraction of sp³-hybridized carbons (Fsp3) is 0.464. The van der Waals surface area contributed by atoms with Crippen LogP contribution < -0.4 is 4.74 Å². The van der Waals surface area contributed by atoms with Gasteiger partial charge >= 0.3 is 5.78 Å². The van der Waals surface area contributed by atoms with Gasteiger partial charge in [-0.2, -0.15) is 0 Å². The summed E-state index contributed by atoms with van der Waals surface area (Å²) >= 11 is 0. The van der Waals surface area contributed by atoms with Crippen LogP contribution in [0.4, 0.5) is 0 Å². The summed E-state index contributed by atoms with van der Waals surface area (Å²) in [7, 11) is 3.37. The van der Waals surface area contributed by atoms with Gasteiger partial charge in [0.2, 0.25) is 5.76 Å². The number of hydrogen-bond donors (Lipinski definition) is 0. The first-order valence-electron chi connectivity index (χ1n) is 12.3. The summed E-state index contributed by atoms with van der Waals surface area (Å²) in [5, 5.41) is 0. The number of rotatable bonds is 6. The van der Waals surface area contributed by atoms with Crippen LogP contribution in [0.5, 0.6) is 5.75 Å². The van der Waals surface area contributed by atoms with Gasteiger partial charge in [0.05, 0.1) is 13.7 Å². The number of nitrogens with zero attached hydrogens (tertiary/aromatic N) is 2. The number of benzene rings is 1. The first kappa shape index (κ1) is 22.0. The normalized spacial score (nSPS) is 23.8. The molecular formula is C28H35N2O3+. The standard InChI is InChI=1S/C28H35N2O3/c1-31-27-12-9-21(18-28(27)32-2)25-20-30-16-6-8-26(30)24-19-22(10-11-23(24)25)33-17-7-15-29-13-4-3-5-14-29/h8-12,18-19H,3-7,13-17,20H2,1-2H3/q+1. The minimum atomic E-state index is 0.757. The summed E-state index contributed by atoms with van der Waals surface area (Å²) in [5.74, 6) is 2.49. The Hall–Kier alpha value is -2.79. The molecule has 33 heavy (non-hydrogen) atoms. The Bertz CT molecular complexity index is 1040. The van der Waals surface area contributed by atoms with Gasteiger partial charge in [-0.05, 0) is 79.8 Å². The second-order valence-corrected chi connectivity index (χ2v) is 9.16. The predicted octanol–water partition coefficient (Wildman–Crippen LogP) is 4.59. The molecule has 0 bridgehead atoms. The van der Waals surface area contributed by atoms with Gasteiger partial charge in [0.15, 0.2) is 0 Å². The Balaban J connectivity index is 1.37. The lowest BCUT2D eigenvalue weighted by atomic mass is 9.88. The molecule has 0 amide bonds. The van der Waals surface area contributed by atoms with Crippen LogP contribution in [0, 0.1) is 0 Å². The summed E-state index contributed by atoms with van der Waals surface area (Å²) in [6.07, 6.45) is 14.8. The zero-order valence-electron chi connectivity index (χ0n) is 19.9. The lowest BCUT2D eigenvalue weighted by Gasteiger charge is -2.33. The van der Waals surface area contributed by atoms with Crippen LogP contribution in [0.3, 0.4) is 0 Å². The molecule has 5 rings (SSSR count). The van der Waals surface area contributed by atoms with Crippen molar-refractivity contribution in [2.24, 2.45) is 0 Å². The number of hydrogen-bond acceptors (Lipinski definition) is 4. The summed E-state index contributed by atoms with van der Waals surface area (Å²) in [6.45, 7) is 6.37. The van der Waals surface area contributed by atoms with Crippen molar-refractivity contribution >= 4 is 17.1 Å². The molecule has 1 aliphatic carbocycles. The Morgan fingerprint density at radius 1 is 1.03 bits per heavy atom. The zero-order valence-corrected chi connectivity index (χ0v) is 19.9. The van der Waals surface area contributed by atoms with Gasteiger partial charge in [-0.25, -0.2) is 0 Å². The number of methoxy groups -OCH3 is 1. The average Bonchev–Trinajstić information content (AvgIpc) is 3.35. The van der Waals surface area contributed by atoms with Crippen molar-refractivity contribution in [2.45, 2.75) is 32.1 Å². The number of piperidine rings is 1. The number of likely N-dealkylation sites (tertiary alicyclic amines) is 1. The Morgan fingerprint density at radius 3 is 2.73 bits per heavy atom. The lowest BCUT2D eigenvalue weighted by molar-refractivity contribution is -0.419. The van der Waals surface area contributed by atoms with Crippen LogP contribution in [-0.4, -0.2) is 69.1 Å². The third-order valence-corrected chi connectivity index (χ3v) is 7.09. The van der Waals surface area contributed by atoms with Crippen LogP contribution in [0.15, 0.2) is 53.8 Å². The van der Waals surface area contributed by atoms with E-state index in [2.05, 4.69) is 46.2 Å². The molecule has 3 heterocycles. The van der Waals surface area contributed by atoms with Gasteiger partial charge in [-0.3, -0.25) is 4.42 Å². The molecule has 1 saturated heterocycles. The molecule has 0 unspecified atom stereocenters. The largest absolute Gasteiger partial charge is 0.494 e. The van der Waals surface area contributed by atoms with Gasteiger partial charge in [-0.1, -0.05) is 18.6 Å². The number of ketones is 1. The summed E-state index contributed by atoms with van der Waals surface area (Å²) in [6, 6.07) is 6.60. The quantitative estimate of drug-likeness (QED) is 0.472. The van der Waals surface area contributed by atoms with E-state index in [-0.39, 0.29) is 0 Å². The van der Waals surface area contributed by atoms with Crippen molar-refractivity contribution in [2.75, 3.05) is 53.6 Å². The number of carbonyl (C=O) groups excluding carboxylic acids is 1. The molecule has 5 nitrogen and oxygen atoms in total. The number of allylic oxidation sites excluding steroid dienone is 4. The molecule has 0 spiro atoms. The maximum Gasteiger partial charge on any atom is 0.384 e. The fourth-order valence-electron chi connectivity index (χ4n) is 5.35. The van der Waals surface area contributed by atoms with Crippen molar-refractivity contribution in [3.05, 3.63) is 65.0 Å². The van der Waals surface area contributed by atoms with Crippen molar-refractivity contribution in [3.8, 4) is 5.75 Å². The fourth-order valence-corrected chi connectivity index (χ4v) is 5.35. The summed E-state index contributed by atoms with van der Waals surface area (Å²) in [4.78, 5) is 5.06. The van der Waals surface area contributed by atoms with Crippen LogP contribution in [0.2, 0.25) is 0 Å². The third kappa shape index (κ3) is 4.65. The molecule has 0 saturated carbocycles. The molecule has 1 aromatic carbocycles. The van der Waals surface area contributed by atoms with Gasteiger partial charge in [0.1, 0.15) is 5.75 Å². The van der Waals surface area contributed by atoms with Gasteiger partial charge in [0.25, 0.3) is 7.11 Å². The molecule has 4 aliphatic rings. The number of fused-ring (bicyclic) bond motifs is 3. The summed E-state index contributed by atoms with van der Waals surface area (Å²) in [5.41, 5.74) is 6.40. The Morgan fingerprint density at radius 2 is 1.91 bits per heavy atom. The number of ether oxygens (including phenoxy) is 2. The monoisotopic (exact) mass is 447 g/mol. The van der Waals surface area contributed by atoms with E-state index in [1.807, 2.05) is 6.08 Å². The molecule has 0 atom stereocenters. The lowest BCUT2D eigenvalue weighted by Crippen LogP contribution is -2.31. The molecule has 174 valence electrons. The van der Waals surface area contributed by atoms with E-state index in [0.29, 0.717) is 0 Å². The second kappa shape index (κ2) is 10.0. The van der Waals surface area contributed by atoms with Crippen molar-refractivity contribution < 1.29 is 13.9 Å².